The molecule has 2 N–H and O–H groups in total. The summed E-state index contributed by atoms with van der Waals surface area (Å²) in [6, 6.07) is 0. The van der Waals surface area contributed by atoms with Crippen molar-refractivity contribution in [2.75, 3.05) is 6.66 Å². The van der Waals surface area contributed by atoms with Crippen molar-refractivity contribution in [3.8, 4) is 0 Å². The van der Waals surface area contributed by atoms with Crippen LogP contribution in [0.3, 0.4) is 0 Å². The molecule has 0 radical (unpaired) electrons. The first-order valence-corrected chi connectivity index (χ1v) is 6.37. The molecule has 0 aromatic carbocycles. The molecule has 0 aromatic heterocycles. The molecule has 13 heavy (non-hydrogen) atoms. The van der Waals surface area contributed by atoms with Crippen LogP contribution >= 0.6 is 7.37 Å². The highest BCUT2D eigenvalue weighted by Gasteiger charge is 2.42. The van der Waals surface area contributed by atoms with Gasteiger partial charge in [-0.15, -0.1) is 0 Å². The van der Waals surface area contributed by atoms with Crippen LogP contribution in [-0.2, 0) is 9.36 Å². The van der Waals surface area contributed by atoms with Gasteiger partial charge in [0.2, 0.25) is 7.37 Å². The standard InChI is InChI=1S/C8H17O4P/c1-5-7(9)8(3,10)6(2)13(4,11)12/h6,10H,5H2,1-4H3,(H,11,12). The van der Waals surface area contributed by atoms with Gasteiger partial charge in [0.05, 0.1) is 5.66 Å². The maximum atomic E-state index is 11.2. The topological polar surface area (TPSA) is 74.6 Å². The van der Waals surface area contributed by atoms with E-state index in [-0.39, 0.29) is 6.42 Å². The lowest BCUT2D eigenvalue weighted by atomic mass is 9.96. The minimum Gasteiger partial charge on any atom is -0.382 e. The molecule has 0 aliphatic heterocycles. The van der Waals surface area contributed by atoms with Crippen molar-refractivity contribution in [1.82, 2.24) is 0 Å². The van der Waals surface area contributed by atoms with Crippen LogP contribution in [0.25, 0.3) is 0 Å². The van der Waals surface area contributed by atoms with Gasteiger partial charge in [0.1, 0.15) is 5.60 Å². The maximum absolute atomic E-state index is 11.2. The summed E-state index contributed by atoms with van der Waals surface area (Å²) in [5.74, 6) is -0.406. The lowest BCUT2D eigenvalue weighted by molar-refractivity contribution is -0.135. The van der Waals surface area contributed by atoms with Crippen molar-refractivity contribution in [2.24, 2.45) is 0 Å². The van der Waals surface area contributed by atoms with E-state index in [9.17, 15) is 19.4 Å². The van der Waals surface area contributed by atoms with Crippen molar-refractivity contribution < 1.29 is 19.4 Å². The Bertz CT molecular complexity index is 241. The summed E-state index contributed by atoms with van der Waals surface area (Å²) >= 11 is 0. The minimum absolute atomic E-state index is 0.164. The summed E-state index contributed by atoms with van der Waals surface area (Å²) in [4.78, 5) is 20.4. The predicted octanol–water partition coefficient (Wildman–Crippen LogP) is 1.01. The Balaban J connectivity index is 4.84. The van der Waals surface area contributed by atoms with Crippen molar-refractivity contribution in [3.05, 3.63) is 0 Å². The molecule has 3 atom stereocenters. The van der Waals surface area contributed by atoms with Crippen LogP contribution in [0.2, 0.25) is 0 Å². The summed E-state index contributed by atoms with van der Waals surface area (Å²) in [7, 11) is -3.42. The molecule has 0 aliphatic carbocycles. The number of hydrogen-bond acceptors (Lipinski definition) is 3. The molecule has 0 aliphatic rings. The minimum atomic E-state index is -3.42. The molecule has 3 unspecified atom stereocenters. The van der Waals surface area contributed by atoms with Crippen molar-refractivity contribution in [3.63, 3.8) is 0 Å². The van der Waals surface area contributed by atoms with Gasteiger partial charge in [-0.2, -0.15) is 0 Å². The van der Waals surface area contributed by atoms with E-state index in [1.807, 2.05) is 0 Å². The van der Waals surface area contributed by atoms with Gasteiger partial charge in [0.15, 0.2) is 5.78 Å². The van der Waals surface area contributed by atoms with Gasteiger partial charge < -0.3 is 10.00 Å². The molecule has 0 rings (SSSR count). The largest absolute Gasteiger partial charge is 0.382 e. The van der Waals surface area contributed by atoms with E-state index in [1.165, 1.54) is 13.8 Å². The first-order chi connectivity index (χ1) is 5.64. The molecule has 4 nitrogen and oxygen atoms in total. The average molecular weight is 208 g/mol. The summed E-state index contributed by atoms with van der Waals surface area (Å²) in [6.45, 7) is 5.46. The van der Waals surface area contributed by atoms with Crippen molar-refractivity contribution in [1.29, 1.82) is 0 Å². The van der Waals surface area contributed by atoms with Gasteiger partial charge in [-0.1, -0.05) is 13.8 Å². The lowest BCUT2D eigenvalue weighted by Crippen LogP contribution is -2.44. The fourth-order valence-electron chi connectivity index (χ4n) is 1.06. The Morgan fingerprint density at radius 3 is 2.23 bits per heavy atom. The Labute approximate surface area is 78.4 Å². The first kappa shape index (κ1) is 12.8. The van der Waals surface area contributed by atoms with Gasteiger partial charge in [0.25, 0.3) is 0 Å². The third kappa shape index (κ3) is 2.90. The highest BCUT2D eigenvalue weighted by Crippen LogP contribution is 2.46. The first-order valence-electron chi connectivity index (χ1n) is 4.19. The number of carbonyl (C=O) groups is 1. The lowest BCUT2D eigenvalue weighted by Gasteiger charge is -2.30. The molecular weight excluding hydrogens is 191 g/mol. The zero-order valence-corrected chi connectivity index (χ0v) is 9.34. The van der Waals surface area contributed by atoms with Gasteiger partial charge in [0, 0.05) is 13.1 Å². The van der Waals surface area contributed by atoms with Crippen LogP contribution in [0.5, 0.6) is 0 Å². The van der Waals surface area contributed by atoms with E-state index in [1.54, 1.807) is 6.92 Å². The molecule has 0 saturated heterocycles. The molecule has 0 saturated carbocycles. The Morgan fingerprint density at radius 2 is 2.00 bits per heavy atom. The SMILES string of the molecule is CCC(=O)C(C)(O)C(C)P(C)(=O)O. The zero-order chi connectivity index (χ0) is 10.9. The molecule has 0 aromatic rings. The summed E-state index contributed by atoms with van der Waals surface area (Å²) in [6.07, 6.45) is 0.164. The monoisotopic (exact) mass is 208 g/mol. The molecule has 0 spiro atoms. The summed E-state index contributed by atoms with van der Waals surface area (Å²) in [5.41, 5.74) is -2.62. The highest BCUT2D eigenvalue weighted by atomic mass is 31.2. The molecule has 0 bridgehead atoms. The fraction of sp³-hybridized carbons (Fsp3) is 0.875. The smallest absolute Gasteiger partial charge is 0.203 e. The summed E-state index contributed by atoms with van der Waals surface area (Å²) < 4.78 is 11.2. The zero-order valence-electron chi connectivity index (χ0n) is 8.44. The van der Waals surface area contributed by atoms with E-state index >= 15 is 0 Å². The second kappa shape index (κ2) is 3.91. The van der Waals surface area contributed by atoms with Crippen LogP contribution in [0.1, 0.15) is 27.2 Å². The van der Waals surface area contributed by atoms with E-state index in [2.05, 4.69) is 0 Å². The quantitative estimate of drug-likeness (QED) is 0.676. The number of rotatable bonds is 4. The normalized spacial score (nSPS) is 22.9. The molecule has 0 fully saturated rings. The Hall–Kier alpha value is -0.180. The van der Waals surface area contributed by atoms with Gasteiger partial charge >= 0.3 is 0 Å². The fourth-order valence-corrected chi connectivity index (χ4v) is 2.13. The Morgan fingerprint density at radius 1 is 1.62 bits per heavy atom. The molecule has 0 heterocycles. The van der Waals surface area contributed by atoms with Crippen LogP contribution in [0.15, 0.2) is 0 Å². The molecule has 5 heteroatoms. The van der Waals surface area contributed by atoms with Crippen LogP contribution < -0.4 is 0 Å². The highest BCUT2D eigenvalue weighted by molar-refractivity contribution is 7.58. The summed E-state index contributed by atoms with van der Waals surface area (Å²) in [5, 5.41) is 9.71. The number of Topliss-reactive ketones (excluding diaryl/α,β-unsaturated/α-hetero) is 1. The van der Waals surface area contributed by atoms with Crippen LogP contribution in [0, 0.1) is 0 Å². The maximum Gasteiger partial charge on any atom is 0.203 e. The van der Waals surface area contributed by atoms with Crippen molar-refractivity contribution >= 4 is 13.2 Å². The predicted molar refractivity (Wildman–Crippen MR) is 51.1 cm³/mol. The molecule has 78 valence electrons. The molecule has 0 amide bonds. The third-order valence-electron chi connectivity index (χ3n) is 2.42. The molecular formula is C8H17O4P. The van der Waals surface area contributed by atoms with Crippen LogP contribution in [-0.4, -0.2) is 33.7 Å². The second-order valence-electron chi connectivity index (χ2n) is 3.54. The number of carbonyl (C=O) groups excluding carboxylic acids is 1. The Kier molecular flexibility index (Phi) is 3.85. The second-order valence-corrected chi connectivity index (χ2v) is 6.20. The van der Waals surface area contributed by atoms with E-state index < -0.39 is 24.4 Å². The van der Waals surface area contributed by atoms with Gasteiger partial charge in [-0.3, -0.25) is 9.36 Å². The number of aliphatic hydroxyl groups is 1. The van der Waals surface area contributed by atoms with E-state index in [0.717, 1.165) is 6.66 Å². The van der Waals surface area contributed by atoms with E-state index in [0.29, 0.717) is 0 Å². The van der Waals surface area contributed by atoms with Gasteiger partial charge in [-0.25, -0.2) is 0 Å². The van der Waals surface area contributed by atoms with Crippen LogP contribution in [0.4, 0.5) is 0 Å². The number of hydrogen-bond donors (Lipinski definition) is 2. The van der Waals surface area contributed by atoms with Crippen molar-refractivity contribution in [2.45, 2.75) is 38.5 Å². The number of ketones is 1. The average Bonchev–Trinajstić information content (AvgIpc) is 1.99. The van der Waals surface area contributed by atoms with Gasteiger partial charge in [-0.05, 0) is 6.92 Å². The van der Waals surface area contributed by atoms with E-state index in [4.69, 9.17) is 0 Å². The third-order valence-corrected chi connectivity index (χ3v) is 4.36.